The van der Waals surface area contributed by atoms with Crippen molar-refractivity contribution in [1.29, 1.82) is 0 Å². The van der Waals surface area contributed by atoms with Gasteiger partial charge in [-0.1, -0.05) is 18.2 Å². The minimum atomic E-state index is -0.508. The van der Waals surface area contributed by atoms with Crippen molar-refractivity contribution < 1.29 is 9.53 Å². The van der Waals surface area contributed by atoms with Crippen LogP contribution in [0.4, 0.5) is 5.82 Å². The van der Waals surface area contributed by atoms with Crippen molar-refractivity contribution >= 4 is 17.5 Å². The van der Waals surface area contributed by atoms with Crippen LogP contribution in [0, 0.1) is 6.92 Å². The first-order chi connectivity index (χ1) is 13.1. The first-order valence-corrected chi connectivity index (χ1v) is 9.04. The number of para-hydroxylation sites is 1. The second-order valence-electron chi connectivity index (χ2n) is 6.64. The zero-order chi connectivity index (χ0) is 18.8. The van der Waals surface area contributed by atoms with Gasteiger partial charge in [-0.25, -0.2) is 0 Å². The van der Waals surface area contributed by atoms with Gasteiger partial charge >= 0.3 is 0 Å². The Morgan fingerprint density at radius 1 is 1.15 bits per heavy atom. The molecular formula is C19H22N6O2. The number of ether oxygens (including phenoxy) is 1. The average molecular weight is 366 g/mol. The van der Waals surface area contributed by atoms with E-state index in [-0.39, 0.29) is 5.91 Å². The van der Waals surface area contributed by atoms with E-state index in [1.54, 1.807) is 13.3 Å². The lowest BCUT2D eigenvalue weighted by atomic mass is 10.2. The highest BCUT2D eigenvalue weighted by molar-refractivity contribution is 5.81. The van der Waals surface area contributed by atoms with Crippen molar-refractivity contribution in [3.8, 4) is 5.75 Å². The number of aryl methyl sites for hydroxylation is 1. The van der Waals surface area contributed by atoms with Crippen molar-refractivity contribution in [3.05, 3.63) is 48.4 Å². The van der Waals surface area contributed by atoms with E-state index < -0.39 is 6.10 Å². The van der Waals surface area contributed by atoms with Crippen LogP contribution in [-0.4, -0.2) is 62.7 Å². The third-order valence-electron chi connectivity index (χ3n) is 4.78. The number of carbonyl (C=O) groups excluding carboxylic acids is 1. The van der Waals surface area contributed by atoms with Gasteiger partial charge in [-0.2, -0.15) is 4.98 Å². The standard InChI is InChI=1S/C19H22N6O2/c1-14-12-17(21-19-22-20-13-25(14)19)23-8-10-24(11-9-23)18(26)15(2)27-16-6-4-3-5-7-16/h3-7,12-13,15H,8-11H2,1-2H3/t15-/m1/s1. The smallest absolute Gasteiger partial charge is 0.263 e. The molecule has 0 bridgehead atoms. The second kappa shape index (κ2) is 7.22. The lowest BCUT2D eigenvalue weighted by Gasteiger charge is -2.36. The highest BCUT2D eigenvalue weighted by Gasteiger charge is 2.26. The zero-order valence-corrected chi connectivity index (χ0v) is 15.4. The normalized spacial score (nSPS) is 15.8. The van der Waals surface area contributed by atoms with E-state index in [9.17, 15) is 4.79 Å². The Kier molecular flexibility index (Phi) is 4.62. The van der Waals surface area contributed by atoms with Gasteiger partial charge in [0.15, 0.2) is 6.10 Å². The summed E-state index contributed by atoms with van der Waals surface area (Å²) in [7, 11) is 0. The highest BCUT2D eigenvalue weighted by atomic mass is 16.5. The van der Waals surface area contributed by atoms with Crippen molar-refractivity contribution in [1.82, 2.24) is 24.5 Å². The van der Waals surface area contributed by atoms with Gasteiger partial charge in [0.25, 0.3) is 11.7 Å². The fraction of sp³-hybridized carbons (Fsp3) is 0.368. The number of aromatic nitrogens is 4. The SMILES string of the molecule is Cc1cc(N2CCN(C(=O)[C@@H](C)Oc3ccccc3)CC2)nc2nncn12. The number of carbonyl (C=O) groups is 1. The number of piperazine rings is 1. The number of amides is 1. The molecule has 1 atom stereocenters. The number of hydrogen-bond donors (Lipinski definition) is 0. The maximum absolute atomic E-state index is 12.7. The van der Waals surface area contributed by atoms with Crippen LogP contribution >= 0.6 is 0 Å². The molecule has 1 fully saturated rings. The van der Waals surface area contributed by atoms with Crippen molar-refractivity contribution in [2.24, 2.45) is 0 Å². The van der Waals surface area contributed by atoms with Gasteiger partial charge in [-0.05, 0) is 26.0 Å². The summed E-state index contributed by atoms with van der Waals surface area (Å²) < 4.78 is 7.61. The van der Waals surface area contributed by atoms with Crippen LogP contribution in [0.5, 0.6) is 5.75 Å². The van der Waals surface area contributed by atoms with E-state index >= 15 is 0 Å². The first kappa shape index (κ1) is 17.3. The van der Waals surface area contributed by atoms with Crippen molar-refractivity contribution in [3.63, 3.8) is 0 Å². The predicted octanol–water partition coefficient (Wildman–Crippen LogP) is 1.55. The molecule has 3 aromatic rings. The molecule has 0 aliphatic carbocycles. The molecule has 1 aromatic carbocycles. The summed E-state index contributed by atoms with van der Waals surface area (Å²) in [5.74, 6) is 2.18. The summed E-state index contributed by atoms with van der Waals surface area (Å²) in [6.07, 6.45) is 1.15. The molecule has 4 rings (SSSR count). The van der Waals surface area contributed by atoms with E-state index in [1.807, 2.05) is 52.6 Å². The number of fused-ring (bicyclic) bond motifs is 1. The maximum atomic E-state index is 12.7. The monoisotopic (exact) mass is 366 g/mol. The predicted molar refractivity (Wildman–Crippen MR) is 101 cm³/mol. The van der Waals surface area contributed by atoms with Crippen LogP contribution in [0.25, 0.3) is 5.78 Å². The molecule has 3 heterocycles. The summed E-state index contributed by atoms with van der Waals surface area (Å²) in [6.45, 7) is 6.52. The molecule has 1 aliphatic heterocycles. The third-order valence-corrected chi connectivity index (χ3v) is 4.78. The van der Waals surface area contributed by atoms with Crippen LogP contribution in [0.1, 0.15) is 12.6 Å². The lowest BCUT2D eigenvalue weighted by Crippen LogP contribution is -2.52. The summed E-state index contributed by atoms with van der Waals surface area (Å²) in [5, 5.41) is 7.94. The third kappa shape index (κ3) is 3.55. The Bertz CT molecular complexity index is 934. The van der Waals surface area contributed by atoms with Gasteiger partial charge in [-0.3, -0.25) is 9.20 Å². The largest absolute Gasteiger partial charge is 0.481 e. The van der Waals surface area contributed by atoms with Gasteiger partial charge in [0.1, 0.15) is 17.9 Å². The van der Waals surface area contributed by atoms with E-state index in [2.05, 4.69) is 20.1 Å². The summed E-state index contributed by atoms with van der Waals surface area (Å²) in [5.41, 5.74) is 1.03. The molecule has 27 heavy (non-hydrogen) atoms. The van der Waals surface area contributed by atoms with Crippen LogP contribution in [-0.2, 0) is 4.79 Å². The molecule has 8 heteroatoms. The number of hydrogen-bond acceptors (Lipinski definition) is 6. The summed E-state index contributed by atoms with van der Waals surface area (Å²) in [6, 6.07) is 11.5. The number of nitrogens with zero attached hydrogens (tertiary/aromatic N) is 6. The topological polar surface area (TPSA) is 75.9 Å². The van der Waals surface area contributed by atoms with Gasteiger partial charge in [0.05, 0.1) is 0 Å². The Morgan fingerprint density at radius 3 is 2.63 bits per heavy atom. The molecule has 0 spiro atoms. The van der Waals surface area contributed by atoms with E-state index in [0.29, 0.717) is 24.6 Å². The molecule has 2 aromatic heterocycles. The molecular weight excluding hydrogens is 344 g/mol. The Balaban J connectivity index is 1.38. The Labute approximate surface area is 157 Å². The van der Waals surface area contributed by atoms with Crippen LogP contribution in [0.2, 0.25) is 0 Å². The van der Waals surface area contributed by atoms with Crippen molar-refractivity contribution in [2.45, 2.75) is 20.0 Å². The fourth-order valence-electron chi connectivity index (χ4n) is 3.27. The number of benzene rings is 1. The summed E-state index contributed by atoms with van der Waals surface area (Å²) >= 11 is 0. The van der Waals surface area contributed by atoms with Gasteiger partial charge in [0, 0.05) is 37.9 Å². The van der Waals surface area contributed by atoms with Crippen molar-refractivity contribution in [2.75, 3.05) is 31.1 Å². The fourth-order valence-corrected chi connectivity index (χ4v) is 3.27. The average Bonchev–Trinajstić information content (AvgIpc) is 3.17. The zero-order valence-electron chi connectivity index (χ0n) is 15.4. The molecule has 140 valence electrons. The second-order valence-corrected chi connectivity index (χ2v) is 6.64. The van der Waals surface area contributed by atoms with Gasteiger partial charge in [-0.15, -0.1) is 10.2 Å². The molecule has 1 aliphatic rings. The maximum Gasteiger partial charge on any atom is 0.263 e. The summed E-state index contributed by atoms with van der Waals surface area (Å²) in [4.78, 5) is 21.3. The van der Waals surface area contributed by atoms with E-state index in [0.717, 1.165) is 24.6 Å². The Morgan fingerprint density at radius 2 is 1.89 bits per heavy atom. The van der Waals surface area contributed by atoms with E-state index in [4.69, 9.17) is 4.74 Å². The Hall–Kier alpha value is -3.16. The molecule has 0 unspecified atom stereocenters. The van der Waals surface area contributed by atoms with E-state index in [1.165, 1.54) is 0 Å². The lowest BCUT2D eigenvalue weighted by molar-refractivity contribution is -0.138. The van der Waals surface area contributed by atoms with Crippen LogP contribution < -0.4 is 9.64 Å². The molecule has 8 nitrogen and oxygen atoms in total. The number of rotatable bonds is 4. The minimum Gasteiger partial charge on any atom is -0.481 e. The molecule has 0 N–H and O–H groups in total. The highest BCUT2D eigenvalue weighted by Crippen LogP contribution is 2.18. The van der Waals surface area contributed by atoms with Crippen LogP contribution in [0.3, 0.4) is 0 Å². The molecule has 1 saturated heterocycles. The quantitative estimate of drug-likeness (QED) is 0.697. The van der Waals surface area contributed by atoms with Gasteiger partial charge < -0.3 is 14.5 Å². The minimum absolute atomic E-state index is 0.00977. The number of anilines is 1. The van der Waals surface area contributed by atoms with Crippen LogP contribution in [0.15, 0.2) is 42.7 Å². The first-order valence-electron chi connectivity index (χ1n) is 9.04. The van der Waals surface area contributed by atoms with Gasteiger partial charge in [0.2, 0.25) is 0 Å². The molecule has 1 amide bonds. The molecule has 0 radical (unpaired) electrons. The molecule has 0 saturated carbocycles.